The molecule has 0 aromatic carbocycles. The zero-order valence-electron chi connectivity index (χ0n) is 14.3. The van der Waals surface area contributed by atoms with Gasteiger partial charge < -0.3 is 15.8 Å². The molecule has 0 saturated heterocycles. The Hall–Kier alpha value is -0.610. The molecule has 1 rings (SSSR count). The number of hydrogen-bond donors (Lipinski definition) is 2. The van der Waals surface area contributed by atoms with Gasteiger partial charge in [-0.05, 0) is 51.4 Å². The predicted octanol–water partition coefficient (Wildman–Crippen LogP) is 2.99. The van der Waals surface area contributed by atoms with Gasteiger partial charge in [0.2, 0.25) is 5.91 Å². The average molecular weight is 298 g/mol. The Morgan fingerprint density at radius 1 is 1.29 bits per heavy atom. The van der Waals surface area contributed by atoms with Crippen LogP contribution < -0.4 is 11.1 Å². The fraction of sp³-hybridized carbons (Fsp3) is 0.941. The van der Waals surface area contributed by atoms with Gasteiger partial charge in [-0.3, -0.25) is 4.79 Å². The molecule has 1 unspecified atom stereocenters. The van der Waals surface area contributed by atoms with Gasteiger partial charge in [0.05, 0.1) is 5.60 Å². The van der Waals surface area contributed by atoms with Crippen molar-refractivity contribution >= 4 is 5.91 Å². The van der Waals surface area contributed by atoms with Crippen molar-refractivity contribution in [2.45, 2.75) is 90.4 Å². The van der Waals surface area contributed by atoms with Gasteiger partial charge in [0.25, 0.3) is 0 Å². The maximum Gasteiger partial charge on any atom is 0.249 e. The summed E-state index contributed by atoms with van der Waals surface area (Å²) in [6.07, 6.45) is 6.99. The lowest BCUT2D eigenvalue weighted by Gasteiger charge is -2.40. The molecule has 0 heterocycles. The first kappa shape index (κ1) is 18.4. The lowest BCUT2D eigenvalue weighted by atomic mass is 9.77. The summed E-state index contributed by atoms with van der Waals surface area (Å²) >= 11 is 0. The van der Waals surface area contributed by atoms with Gasteiger partial charge in [0, 0.05) is 12.6 Å². The summed E-state index contributed by atoms with van der Waals surface area (Å²) in [6.45, 7) is 8.78. The van der Waals surface area contributed by atoms with Gasteiger partial charge >= 0.3 is 0 Å². The summed E-state index contributed by atoms with van der Waals surface area (Å²) in [5.41, 5.74) is 5.68. The number of nitrogens with one attached hydrogen (secondary N) is 1. The van der Waals surface area contributed by atoms with Crippen molar-refractivity contribution in [3.63, 3.8) is 0 Å². The van der Waals surface area contributed by atoms with Gasteiger partial charge in [-0.25, -0.2) is 0 Å². The molecule has 0 radical (unpaired) electrons. The number of carbonyl (C=O) groups excluding carboxylic acids is 1. The highest BCUT2D eigenvalue weighted by molar-refractivity contribution is 5.80. The van der Waals surface area contributed by atoms with Crippen molar-refractivity contribution < 1.29 is 9.53 Å². The van der Waals surface area contributed by atoms with Crippen LogP contribution in [0.4, 0.5) is 0 Å². The maximum absolute atomic E-state index is 12.2. The topological polar surface area (TPSA) is 64.3 Å². The minimum atomic E-state index is -0.424. The summed E-state index contributed by atoms with van der Waals surface area (Å²) in [7, 11) is 0. The third-order valence-electron chi connectivity index (χ3n) is 5.09. The number of nitrogens with two attached hydrogens (primary N) is 1. The van der Waals surface area contributed by atoms with E-state index in [1.165, 1.54) is 6.42 Å². The number of carbonyl (C=O) groups is 1. The number of rotatable bonds is 8. The summed E-state index contributed by atoms with van der Waals surface area (Å²) in [6, 6.07) is 0.244. The van der Waals surface area contributed by atoms with Crippen LogP contribution in [-0.4, -0.2) is 30.2 Å². The molecule has 21 heavy (non-hydrogen) atoms. The molecule has 1 atom stereocenters. The van der Waals surface area contributed by atoms with E-state index in [1.54, 1.807) is 0 Å². The van der Waals surface area contributed by atoms with E-state index in [4.69, 9.17) is 10.5 Å². The third kappa shape index (κ3) is 5.26. The normalized spacial score (nSPS) is 27.6. The molecule has 0 aromatic rings. The first-order valence-corrected chi connectivity index (χ1v) is 8.68. The van der Waals surface area contributed by atoms with Crippen molar-refractivity contribution in [3.05, 3.63) is 0 Å². The summed E-state index contributed by atoms with van der Waals surface area (Å²) in [4.78, 5) is 12.2. The standard InChI is InChI=1S/C17H34N2O2/c1-5-14-8-10-17(12-18,11-9-14)21-13(4)16(20)19-15(6-2)7-3/h13-15H,5-12,18H2,1-4H3,(H,19,20). The maximum atomic E-state index is 12.2. The van der Waals surface area contributed by atoms with Crippen molar-refractivity contribution in [1.82, 2.24) is 5.32 Å². The average Bonchev–Trinajstić information content (AvgIpc) is 2.52. The highest BCUT2D eigenvalue weighted by atomic mass is 16.5. The van der Waals surface area contributed by atoms with Crippen LogP contribution in [0.2, 0.25) is 0 Å². The SMILES string of the molecule is CCC1CCC(CN)(OC(C)C(=O)NC(CC)CC)CC1. The predicted molar refractivity (Wildman–Crippen MR) is 87.1 cm³/mol. The summed E-state index contributed by atoms with van der Waals surface area (Å²) in [5.74, 6) is 0.788. The van der Waals surface area contributed by atoms with Gasteiger partial charge in [-0.15, -0.1) is 0 Å². The monoisotopic (exact) mass is 298 g/mol. The van der Waals surface area contributed by atoms with E-state index in [1.807, 2.05) is 6.92 Å². The van der Waals surface area contributed by atoms with E-state index in [9.17, 15) is 4.79 Å². The Morgan fingerprint density at radius 3 is 2.29 bits per heavy atom. The first-order chi connectivity index (χ1) is 10.00. The largest absolute Gasteiger partial charge is 0.361 e. The second kappa shape index (κ2) is 8.74. The molecule has 4 heteroatoms. The molecule has 124 valence electrons. The summed E-state index contributed by atoms with van der Waals surface area (Å²) in [5, 5.41) is 3.06. The zero-order valence-corrected chi connectivity index (χ0v) is 14.3. The van der Waals surface area contributed by atoms with Crippen molar-refractivity contribution in [1.29, 1.82) is 0 Å². The molecule has 1 amide bonds. The highest BCUT2D eigenvalue weighted by Crippen LogP contribution is 2.36. The van der Waals surface area contributed by atoms with Gasteiger partial charge in [0.15, 0.2) is 0 Å². The molecular weight excluding hydrogens is 264 g/mol. The molecule has 0 spiro atoms. The molecule has 1 fully saturated rings. The molecule has 1 aliphatic carbocycles. The van der Waals surface area contributed by atoms with E-state index in [-0.39, 0.29) is 17.6 Å². The molecule has 0 bridgehead atoms. The minimum Gasteiger partial charge on any atom is -0.361 e. The van der Waals surface area contributed by atoms with E-state index >= 15 is 0 Å². The Morgan fingerprint density at radius 2 is 1.86 bits per heavy atom. The van der Waals surface area contributed by atoms with Crippen LogP contribution >= 0.6 is 0 Å². The Kier molecular flexibility index (Phi) is 7.67. The fourth-order valence-electron chi connectivity index (χ4n) is 3.22. The first-order valence-electron chi connectivity index (χ1n) is 8.68. The van der Waals surface area contributed by atoms with Crippen LogP contribution in [0, 0.1) is 5.92 Å². The van der Waals surface area contributed by atoms with E-state index < -0.39 is 6.10 Å². The Labute approximate surface area is 130 Å². The van der Waals surface area contributed by atoms with Crippen molar-refractivity contribution in [2.24, 2.45) is 11.7 Å². The van der Waals surface area contributed by atoms with Crippen LogP contribution in [0.5, 0.6) is 0 Å². The highest BCUT2D eigenvalue weighted by Gasteiger charge is 2.37. The minimum absolute atomic E-state index is 0.00543. The second-order valence-corrected chi connectivity index (χ2v) is 6.52. The van der Waals surface area contributed by atoms with Crippen LogP contribution in [0.3, 0.4) is 0 Å². The van der Waals surface area contributed by atoms with Gasteiger partial charge in [-0.2, -0.15) is 0 Å². The van der Waals surface area contributed by atoms with Crippen molar-refractivity contribution in [3.8, 4) is 0 Å². The van der Waals surface area contributed by atoms with Crippen LogP contribution in [0.25, 0.3) is 0 Å². The Balaban J connectivity index is 2.54. The molecule has 4 nitrogen and oxygen atoms in total. The number of ether oxygens (including phenoxy) is 1. The fourth-order valence-corrected chi connectivity index (χ4v) is 3.22. The summed E-state index contributed by atoms with van der Waals surface area (Å²) < 4.78 is 6.14. The van der Waals surface area contributed by atoms with E-state index in [0.717, 1.165) is 44.4 Å². The van der Waals surface area contributed by atoms with Crippen LogP contribution in [0.1, 0.15) is 72.6 Å². The molecule has 0 aromatic heterocycles. The molecule has 1 aliphatic rings. The molecular formula is C17H34N2O2. The van der Waals surface area contributed by atoms with E-state index in [0.29, 0.717) is 6.54 Å². The molecule has 1 saturated carbocycles. The third-order valence-corrected chi connectivity index (χ3v) is 5.09. The number of hydrogen-bond acceptors (Lipinski definition) is 3. The number of amides is 1. The van der Waals surface area contributed by atoms with Crippen molar-refractivity contribution in [2.75, 3.05) is 6.54 Å². The molecule has 3 N–H and O–H groups in total. The lowest BCUT2D eigenvalue weighted by Crippen LogP contribution is -2.50. The molecule has 0 aliphatic heterocycles. The van der Waals surface area contributed by atoms with Crippen LogP contribution in [-0.2, 0) is 9.53 Å². The lowest BCUT2D eigenvalue weighted by molar-refractivity contribution is -0.151. The zero-order chi connectivity index (χ0) is 15.9. The van der Waals surface area contributed by atoms with E-state index in [2.05, 4.69) is 26.1 Å². The quantitative estimate of drug-likeness (QED) is 0.724. The smallest absolute Gasteiger partial charge is 0.249 e. The van der Waals surface area contributed by atoms with Crippen LogP contribution in [0.15, 0.2) is 0 Å². The Bertz CT molecular complexity index is 308. The van der Waals surface area contributed by atoms with Gasteiger partial charge in [0.1, 0.15) is 6.10 Å². The van der Waals surface area contributed by atoms with Gasteiger partial charge in [-0.1, -0.05) is 27.2 Å². The second-order valence-electron chi connectivity index (χ2n) is 6.52.